The molecule has 0 aliphatic heterocycles. The Balaban J connectivity index is 3.30. The van der Waals surface area contributed by atoms with Crippen molar-refractivity contribution in [2.24, 2.45) is 0 Å². The summed E-state index contributed by atoms with van der Waals surface area (Å²) in [6, 6.07) is 4.95. The SMILES string of the molecule is CNC(c1cc(C)c(C)cc1C)C(C)(C)N(C)C. The van der Waals surface area contributed by atoms with Gasteiger partial charge in [-0.1, -0.05) is 12.1 Å². The van der Waals surface area contributed by atoms with Gasteiger partial charge in [0.1, 0.15) is 0 Å². The van der Waals surface area contributed by atoms with Crippen molar-refractivity contribution in [1.29, 1.82) is 0 Å². The van der Waals surface area contributed by atoms with E-state index < -0.39 is 0 Å². The lowest BCUT2D eigenvalue weighted by Gasteiger charge is -2.41. The number of hydrogen-bond acceptors (Lipinski definition) is 2. The number of hydrogen-bond donors (Lipinski definition) is 1. The lowest BCUT2D eigenvalue weighted by Crippen LogP contribution is -2.48. The molecule has 0 fully saturated rings. The highest BCUT2D eigenvalue weighted by Gasteiger charge is 2.32. The minimum atomic E-state index is 0.0706. The summed E-state index contributed by atoms with van der Waals surface area (Å²) in [7, 11) is 6.33. The quantitative estimate of drug-likeness (QED) is 0.880. The molecule has 0 aliphatic rings. The van der Waals surface area contributed by atoms with Gasteiger partial charge in [0, 0.05) is 5.54 Å². The largest absolute Gasteiger partial charge is 0.311 e. The van der Waals surface area contributed by atoms with Gasteiger partial charge in [0.2, 0.25) is 0 Å². The molecule has 18 heavy (non-hydrogen) atoms. The molecule has 1 rings (SSSR count). The summed E-state index contributed by atoms with van der Waals surface area (Å²) in [5.41, 5.74) is 5.58. The number of aryl methyl sites for hydroxylation is 3. The zero-order valence-corrected chi connectivity index (χ0v) is 13.2. The molecule has 0 heterocycles. The van der Waals surface area contributed by atoms with E-state index in [1.54, 1.807) is 0 Å². The van der Waals surface area contributed by atoms with Crippen LogP contribution in [0.15, 0.2) is 12.1 Å². The second-order valence-electron chi connectivity index (χ2n) is 6.06. The van der Waals surface area contributed by atoms with Crippen molar-refractivity contribution in [2.75, 3.05) is 21.1 Å². The fraction of sp³-hybridized carbons (Fsp3) is 0.625. The van der Waals surface area contributed by atoms with Crippen molar-refractivity contribution < 1.29 is 0 Å². The topological polar surface area (TPSA) is 15.3 Å². The van der Waals surface area contributed by atoms with Crippen molar-refractivity contribution in [2.45, 2.75) is 46.2 Å². The van der Waals surface area contributed by atoms with Crippen LogP contribution in [-0.4, -0.2) is 31.6 Å². The van der Waals surface area contributed by atoms with Crippen molar-refractivity contribution in [3.8, 4) is 0 Å². The molecule has 0 aliphatic carbocycles. The van der Waals surface area contributed by atoms with E-state index in [1.165, 1.54) is 22.3 Å². The highest BCUT2D eigenvalue weighted by Crippen LogP contribution is 2.32. The summed E-state index contributed by atoms with van der Waals surface area (Å²) in [6.07, 6.45) is 0. The molecule has 0 aromatic heterocycles. The van der Waals surface area contributed by atoms with Crippen LogP contribution in [0.2, 0.25) is 0 Å². The number of benzene rings is 1. The van der Waals surface area contributed by atoms with Gasteiger partial charge in [0.05, 0.1) is 6.04 Å². The third kappa shape index (κ3) is 2.76. The van der Waals surface area contributed by atoms with Gasteiger partial charge in [-0.2, -0.15) is 0 Å². The van der Waals surface area contributed by atoms with Gasteiger partial charge in [-0.15, -0.1) is 0 Å². The maximum atomic E-state index is 3.49. The third-order valence-corrected chi connectivity index (χ3v) is 4.34. The summed E-state index contributed by atoms with van der Waals surface area (Å²) >= 11 is 0. The number of nitrogens with zero attached hydrogens (tertiary/aromatic N) is 1. The minimum absolute atomic E-state index is 0.0706. The molecule has 0 radical (unpaired) electrons. The van der Waals surface area contributed by atoms with Crippen LogP contribution in [0.4, 0.5) is 0 Å². The highest BCUT2D eigenvalue weighted by atomic mass is 15.2. The molecule has 1 atom stereocenters. The van der Waals surface area contributed by atoms with Crippen LogP contribution in [0.1, 0.15) is 42.1 Å². The summed E-state index contributed by atoms with van der Waals surface area (Å²) < 4.78 is 0. The number of nitrogens with one attached hydrogen (secondary N) is 1. The Morgan fingerprint density at radius 2 is 1.50 bits per heavy atom. The van der Waals surface area contributed by atoms with E-state index in [0.717, 1.165) is 0 Å². The highest BCUT2D eigenvalue weighted by molar-refractivity contribution is 5.39. The van der Waals surface area contributed by atoms with Crippen LogP contribution in [0.5, 0.6) is 0 Å². The second-order valence-corrected chi connectivity index (χ2v) is 6.06. The van der Waals surface area contributed by atoms with E-state index >= 15 is 0 Å². The average Bonchev–Trinajstić information content (AvgIpc) is 2.25. The molecule has 102 valence electrons. The molecule has 2 heteroatoms. The fourth-order valence-electron chi connectivity index (χ4n) is 2.44. The second kappa shape index (κ2) is 5.41. The number of rotatable bonds is 4. The molecule has 0 saturated heterocycles. The zero-order chi connectivity index (χ0) is 14.1. The summed E-state index contributed by atoms with van der Waals surface area (Å²) in [5.74, 6) is 0. The van der Waals surface area contributed by atoms with Gasteiger partial charge in [-0.3, -0.25) is 0 Å². The first-order valence-electron chi connectivity index (χ1n) is 6.64. The van der Waals surface area contributed by atoms with Gasteiger partial charge in [-0.25, -0.2) is 0 Å². The predicted molar refractivity (Wildman–Crippen MR) is 80.2 cm³/mol. The van der Waals surface area contributed by atoms with E-state index in [9.17, 15) is 0 Å². The van der Waals surface area contributed by atoms with Crippen LogP contribution in [0.3, 0.4) is 0 Å². The Hall–Kier alpha value is -0.860. The first kappa shape index (κ1) is 15.2. The Morgan fingerprint density at radius 1 is 1.00 bits per heavy atom. The molecular formula is C16H28N2. The van der Waals surface area contributed by atoms with Crippen LogP contribution >= 0.6 is 0 Å². The minimum Gasteiger partial charge on any atom is -0.311 e. The lowest BCUT2D eigenvalue weighted by molar-refractivity contribution is 0.142. The van der Waals surface area contributed by atoms with Gasteiger partial charge in [0.25, 0.3) is 0 Å². The molecule has 0 saturated carbocycles. The van der Waals surface area contributed by atoms with Gasteiger partial charge in [-0.05, 0) is 78.0 Å². The van der Waals surface area contributed by atoms with E-state index in [0.29, 0.717) is 6.04 Å². The van der Waals surface area contributed by atoms with E-state index in [2.05, 4.69) is 71.1 Å². The van der Waals surface area contributed by atoms with Crippen LogP contribution in [0, 0.1) is 20.8 Å². The molecule has 1 unspecified atom stereocenters. The van der Waals surface area contributed by atoms with Crippen molar-refractivity contribution >= 4 is 0 Å². The molecule has 1 N–H and O–H groups in total. The van der Waals surface area contributed by atoms with Crippen molar-refractivity contribution in [1.82, 2.24) is 10.2 Å². The van der Waals surface area contributed by atoms with Crippen molar-refractivity contribution in [3.05, 3.63) is 34.4 Å². The average molecular weight is 248 g/mol. The normalized spacial score (nSPS) is 14.1. The van der Waals surface area contributed by atoms with Crippen LogP contribution in [-0.2, 0) is 0 Å². The predicted octanol–water partition coefficient (Wildman–Crippen LogP) is 3.21. The smallest absolute Gasteiger partial charge is 0.0501 e. The maximum absolute atomic E-state index is 3.49. The van der Waals surface area contributed by atoms with Crippen molar-refractivity contribution in [3.63, 3.8) is 0 Å². The zero-order valence-electron chi connectivity index (χ0n) is 13.2. The Bertz CT molecular complexity index is 419. The number of likely N-dealkylation sites (N-methyl/N-ethyl adjacent to an activating group) is 2. The van der Waals surface area contributed by atoms with Gasteiger partial charge in [0.15, 0.2) is 0 Å². The molecule has 1 aromatic carbocycles. The first-order valence-corrected chi connectivity index (χ1v) is 6.64. The third-order valence-electron chi connectivity index (χ3n) is 4.34. The lowest BCUT2D eigenvalue weighted by atomic mass is 9.84. The van der Waals surface area contributed by atoms with Gasteiger partial charge >= 0.3 is 0 Å². The fourth-order valence-corrected chi connectivity index (χ4v) is 2.44. The standard InChI is InChI=1S/C16H28N2/c1-11-9-13(3)14(10-12(11)2)15(17-6)16(4,5)18(7)8/h9-10,15,17H,1-8H3. The maximum Gasteiger partial charge on any atom is 0.0501 e. The van der Waals surface area contributed by atoms with E-state index in [-0.39, 0.29) is 5.54 Å². The first-order chi connectivity index (χ1) is 8.21. The molecule has 0 spiro atoms. The van der Waals surface area contributed by atoms with E-state index in [1.807, 2.05) is 7.05 Å². The van der Waals surface area contributed by atoms with Crippen LogP contribution < -0.4 is 5.32 Å². The molecular weight excluding hydrogens is 220 g/mol. The molecule has 1 aromatic rings. The van der Waals surface area contributed by atoms with E-state index in [4.69, 9.17) is 0 Å². The Labute approximate surface area is 112 Å². The Morgan fingerprint density at radius 3 is 1.94 bits per heavy atom. The monoisotopic (exact) mass is 248 g/mol. The summed E-state index contributed by atoms with van der Waals surface area (Å²) in [4.78, 5) is 2.28. The molecule has 0 bridgehead atoms. The Kier molecular flexibility index (Phi) is 4.57. The summed E-state index contributed by atoms with van der Waals surface area (Å²) in [5, 5.41) is 3.49. The van der Waals surface area contributed by atoms with Crippen LogP contribution in [0.25, 0.3) is 0 Å². The summed E-state index contributed by atoms with van der Waals surface area (Å²) in [6.45, 7) is 11.1. The van der Waals surface area contributed by atoms with Gasteiger partial charge < -0.3 is 10.2 Å². The molecule has 2 nitrogen and oxygen atoms in total. The molecule has 0 amide bonds.